The second-order valence-corrected chi connectivity index (χ2v) is 11.6. The molecule has 3 N–H and O–H groups in total. The molecular formula is C25H49N3O3. The van der Waals surface area contributed by atoms with Gasteiger partial charge in [0.15, 0.2) is 5.78 Å². The summed E-state index contributed by atoms with van der Waals surface area (Å²) in [4.78, 5) is 37.6. The fourth-order valence-electron chi connectivity index (χ4n) is 3.21. The van der Waals surface area contributed by atoms with E-state index in [0.29, 0.717) is 6.54 Å². The van der Waals surface area contributed by atoms with E-state index in [1.807, 2.05) is 55.4 Å². The molecule has 0 aromatic carbocycles. The molecule has 0 bridgehead atoms. The first kappa shape index (κ1) is 29.6. The molecule has 182 valence electrons. The van der Waals surface area contributed by atoms with Gasteiger partial charge in [0.2, 0.25) is 11.8 Å². The third-order valence-corrected chi connectivity index (χ3v) is 5.86. The summed E-state index contributed by atoms with van der Waals surface area (Å²) in [6.45, 7) is 22.1. The van der Waals surface area contributed by atoms with Crippen molar-refractivity contribution in [1.29, 1.82) is 0 Å². The van der Waals surface area contributed by atoms with Gasteiger partial charge in [-0.15, -0.1) is 0 Å². The highest BCUT2D eigenvalue weighted by Crippen LogP contribution is 2.21. The fraction of sp³-hybridized carbons (Fsp3) is 0.880. The van der Waals surface area contributed by atoms with E-state index in [-0.39, 0.29) is 41.0 Å². The number of ketones is 1. The third-order valence-electron chi connectivity index (χ3n) is 5.86. The van der Waals surface area contributed by atoms with Crippen molar-refractivity contribution < 1.29 is 14.4 Å². The Kier molecular flexibility index (Phi) is 11.4. The maximum atomic E-state index is 12.8. The zero-order valence-corrected chi connectivity index (χ0v) is 22.0. The van der Waals surface area contributed by atoms with Crippen molar-refractivity contribution in [1.82, 2.24) is 16.0 Å². The van der Waals surface area contributed by atoms with Crippen LogP contribution in [0.15, 0.2) is 0 Å². The number of hydrogen-bond donors (Lipinski definition) is 3. The molecule has 0 saturated carbocycles. The number of hydrogen-bond acceptors (Lipinski definition) is 4. The number of amides is 2. The molecule has 0 saturated heterocycles. The first-order valence-corrected chi connectivity index (χ1v) is 11.8. The third kappa shape index (κ3) is 11.1. The second kappa shape index (κ2) is 12.0. The monoisotopic (exact) mass is 439 g/mol. The van der Waals surface area contributed by atoms with Crippen LogP contribution in [0.5, 0.6) is 0 Å². The van der Waals surface area contributed by atoms with Gasteiger partial charge < -0.3 is 16.0 Å². The average Bonchev–Trinajstić information content (AvgIpc) is 2.62. The van der Waals surface area contributed by atoms with E-state index in [4.69, 9.17) is 0 Å². The molecule has 0 aromatic rings. The first-order valence-electron chi connectivity index (χ1n) is 11.8. The summed E-state index contributed by atoms with van der Waals surface area (Å²) in [5, 5.41) is 9.45. The molecule has 2 unspecified atom stereocenters. The molecule has 6 heteroatoms. The summed E-state index contributed by atoms with van der Waals surface area (Å²) in [5.74, 6) is -0.283. The van der Waals surface area contributed by atoms with E-state index in [1.165, 1.54) is 0 Å². The van der Waals surface area contributed by atoms with E-state index in [0.717, 1.165) is 25.7 Å². The van der Waals surface area contributed by atoms with Gasteiger partial charge in [0, 0.05) is 29.0 Å². The summed E-state index contributed by atoms with van der Waals surface area (Å²) >= 11 is 0. The van der Waals surface area contributed by atoms with Crippen molar-refractivity contribution in [3.05, 3.63) is 0 Å². The summed E-state index contributed by atoms with van der Waals surface area (Å²) < 4.78 is 0. The Morgan fingerprint density at radius 1 is 0.839 bits per heavy atom. The van der Waals surface area contributed by atoms with Gasteiger partial charge in [-0.1, -0.05) is 41.5 Å². The lowest BCUT2D eigenvalue weighted by molar-refractivity contribution is -0.131. The maximum Gasteiger partial charge on any atom is 0.225 e. The molecule has 2 amide bonds. The number of nitrogens with one attached hydrogen (secondary N) is 3. The van der Waals surface area contributed by atoms with Crippen LogP contribution < -0.4 is 16.0 Å². The van der Waals surface area contributed by atoms with Crippen molar-refractivity contribution in [2.45, 2.75) is 119 Å². The maximum absolute atomic E-state index is 12.8. The van der Waals surface area contributed by atoms with Gasteiger partial charge in [-0.25, -0.2) is 0 Å². The summed E-state index contributed by atoms with van der Waals surface area (Å²) in [6, 6.07) is -0.190. The van der Waals surface area contributed by atoms with E-state index in [9.17, 15) is 14.4 Å². The van der Waals surface area contributed by atoms with Crippen molar-refractivity contribution in [2.75, 3.05) is 6.54 Å². The summed E-state index contributed by atoms with van der Waals surface area (Å²) in [7, 11) is 0. The number of rotatable bonds is 12. The van der Waals surface area contributed by atoms with E-state index >= 15 is 0 Å². The van der Waals surface area contributed by atoms with Crippen LogP contribution in [0.2, 0.25) is 0 Å². The minimum atomic E-state index is -0.620. The van der Waals surface area contributed by atoms with Crippen LogP contribution in [-0.2, 0) is 14.4 Å². The minimum Gasteiger partial charge on any atom is -0.356 e. The van der Waals surface area contributed by atoms with E-state index < -0.39 is 11.0 Å². The Morgan fingerprint density at radius 3 is 1.84 bits per heavy atom. The first-order chi connectivity index (χ1) is 13.9. The predicted molar refractivity (Wildman–Crippen MR) is 129 cm³/mol. The topological polar surface area (TPSA) is 87.3 Å². The Bertz CT molecular complexity index is 600. The van der Waals surface area contributed by atoms with Crippen molar-refractivity contribution >= 4 is 17.6 Å². The smallest absolute Gasteiger partial charge is 0.225 e. The Labute approximate surface area is 191 Å². The van der Waals surface area contributed by atoms with Gasteiger partial charge in [0.05, 0.1) is 12.0 Å². The molecule has 3 atom stereocenters. The number of carbonyl (C=O) groups excluding carboxylic acids is 3. The van der Waals surface area contributed by atoms with Crippen LogP contribution in [0.1, 0.15) is 102 Å². The van der Waals surface area contributed by atoms with Gasteiger partial charge >= 0.3 is 0 Å². The van der Waals surface area contributed by atoms with E-state index in [1.54, 1.807) is 0 Å². The zero-order chi connectivity index (χ0) is 24.6. The van der Waals surface area contributed by atoms with Crippen molar-refractivity contribution in [3.63, 3.8) is 0 Å². The molecular weight excluding hydrogens is 390 g/mol. The van der Waals surface area contributed by atoms with Gasteiger partial charge in [0.1, 0.15) is 0 Å². The molecule has 0 aliphatic carbocycles. The molecule has 0 aliphatic heterocycles. The Balaban J connectivity index is 4.64. The zero-order valence-electron chi connectivity index (χ0n) is 22.0. The molecule has 0 aromatic heterocycles. The number of Topliss-reactive ketones (excluding diaryl/α,β-unsaturated/α-hetero) is 1. The van der Waals surface area contributed by atoms with E-state index in [2.05, 4.69) is 36.7 Å². The quantitative estimate of drug-likeness (QED) is 0.397. The molecule has 0 aliphatic rings. The molecule has 0 rings (SSSR count). The van der Waals surface area contributed by atoms with Gasteiger partial charge in [-0.3, -0.25) is 14.4 Å². The van der Waals surface area contributed by atoms with Crippen LogP contribution in [0.3, 0.4) is 0 Å². The molecule has 0 spiro atoms. The van der Waals surface area contributed by atoms with Crippen molar-refractivity contribution in [2.24, 2.45) is 17.3 Å². The van der Waals surface area contributed by atoms with Crippen molar-refractivity contribution in [3.8, 4) is 0 Å². The highest BCUT2D eigenvalue weighted by Gasteiger charge is 2.34. The molecule has 31 heavy (non-hydrogen) atoms. The molecule has 0 fully saturated rings. The molecule has 0 heterocycles. The van der Waals surface area contributed by atoms with Crippen LogP contribution >= 0.6 is 0 Å². The number of unbranched alkanes of at least 4 members (excludes halogenated alkanes) is 1. The minimum absolute atomic E-state index is 0.0203. The lowest BCUT2D eigenvalue weighted by atomic mass is 9.84. The number of carbonyl (C=O) groups is 3. The average molecular weight is 440 g/mol. The summed E-state index contributed by atoms with van der Waals surface area (Å²) in [5.41, 5.74) is -1.15. The standard InChI is InChI=1S/C25H49N3O3/c1-12-17(2)21(30)28-25(10,11)18(3)22(31)26-16-14-13-15-19(27-24(7,8)9)20(29)23(4,5)6/h17-19,27H,12-16H2,1-11H3,(H,26,31)(H,28,30)/t17?,18?,19-/m0/s1. The highest BCUT2D eigenvalue weighted by molar-refractivity contribution is 5.88. The molecule has 6 nitrogen and oxygen atoms in total. The van der Waals surface area contributed by atoms with Crippen LogP contribution in [0, 0.1) is 17.3 Å². The van der Waals surface area contributed by atoms with Gasteiger partial charge in [0.25, 0.3) is 0 Å². The van der Waals surface area contributed by atoms with Crippen LogP contribution in [0.25, 0.3) is 0 Å². The SMILES string of the molecule is CCC(C)C(=O)NC(C)(C)C(C)C(=O)NCCCC[C@H](NC(C)(C)C)C(=O)C(C)(C)C. The summed E-state index contributed by atoms with van der Waals surface area (Å²) in [6.07, 6.45) is 3.16. The Morgan fingerprint density at radius 2 is 1.39 bits per heavy atom. The van der Waals surface area contributed by atoms with Gasteiger partial charge in [-0.05, 0) is 60.3 Å². The molecule has 0 radical (unpaired) electrons. The normalized spacial score (nSPS) is 15.7. The predicted octanol–water partition coefficient (Wildman–Crippen LogP) is 4.22. The highest BCUT2D eigenvalue weighted by atomic mass is 16.2. The Hall–Kier alpha value is -1.43. The lowest BCUT2D eigenvalue weighted by Gasteiger charge is -2.33. The fourth-order valence-corrected chi connectivity index (χ4v) is 3.21. The van der Waals surface area contributed by atoms with Crippen LogP contribution in [0.4, 0.5) is 0 Å². The lowest BCUT2D eigenvalue weighted by Crippen LogP contribution is -2.54. The van der Waals surface area contributed by atoms with Crippen LogP contribution in [-0.4, -0.2) is 41.3 Å². The largest absolute Gasteiger partial charge is 0.356 e. The second-order valence-electron chi connectivity index (χ2n) is 11.6. The van der Waals surface area contributed by atoms with Gasteiger partial charge in [-0.2, -0.15) is 0 Å².